The molecule has 0 saturated carbocycles. The lowest BCUT2D eigenvalue weighted by molar-refractivity contribution is 1.09. The molecule has 2 aromatic rings. The van der Waals surface area contributed by atoms with E-state index in [4.69, 9.17) is 0 Å². The van der Waals surface area contributed by atoms with E-state index in [-0.39, 0.29) is 0 Å². The SMILES string of the molecule is CCC.Cc1cc2ccccc2cn1. The van der Waals surface area contributed by atoms with E-state index in [9.17, 15) is 0 Å². The Hall–Kier alpha value is -1.37. The molecular formula is C13H17N. The van der Waals surface area contributed by atoms with Gasteiger partial charge in [0.05, 0.1) is 0 Å². The molecule has 0 aliphatic heterocycles. The van der Waals surface area contributed by atoms with E-state index in [1.54, 1.807) is 0 Å². The van der Waals surface area contributed by atoms with Gasteiger partial charge in [-0.1, -0.05) is 44.5 Å². The van der Waals surface area contributed by atoms with Crippen LogP contribution >= 0.6 is 0 Å². The Bertz CT molecular complexity index is 393. The van der Waals surface area contributed by atoms with E-state index >= 15 is 0 Å². The van der Waals surface area contributed by atoms with Crippen molar-refractivity contribution in [3.05, 3.63) is 42.2 Å². The Kier molecular flexibility index (Phi) is 4.11. The normalized spacial score (nSPS) is 9.36. The maximum atomic E-state index is 4.21. The first-order valence-electron chi connectivity index (χ1n) is 5.09. The second-order valence-electron chi connectivity index (χ2n) is 3.38. The molecular weight excluding hydrogens is 170 g/mol. The van der Waals surface area contributed by atoms with Gasteiger partial charge in [-0.3, -0.25) is 4.98 Å². The minimum atomic E-state index is 1.07. The lowest BCUT2D eigenvalue weighted by atomic mass is 10.1. The van der Waals surface area contributed by atoms with Crippen molar-refractivity contribution in [3.8, 4) is 0 Å². The second kappa shape index (κ2) is 5.38. The van der Waals surface area contributed by atoms with E-state index in [1.165, 1.54) is 17.2 Å². The number of aryl methyl sites for hydroxylation is 1. The maximum Gasteiger partial charge on any atom is 0.0379 e. The Balaban J connectivity index is 0.000000293. The minimum Gasteiger partial charge on any atom is -0.261 e. The predicted molar refractivity (Wildman–Crippen MR) is 62.4 cm³/mol. The Morgan fingerprint density at radius 2 is 1.64 bits per heavy atom. The van der Waals surface area contributed by atoms with Crippen LogP contribution in [0.4, 0.5) is 0 Å². The van der Waals surface area contributed by atoms with Gasteiger partial charge >= 0.3 is 0 Å². The third-order valence-corrected chi connectivity index (χ3v) is 1.77. The van der Waals surface area contributed by atoms with E-state index in [2.05, 4.69) is 37.0 Å². The molecule has 0 fully saturated rings. The third kappa shape index (κ3) is 2.84. The topological polar surface area (TPSA) is 12.9 Å². The molecule has 2 rings (SSSR count). The largest absolute Gasteiger partial charge is 0.261 e. The van der Waals surface area contributed by atoms with Gasteiger partial charge in [0.1, 0.15) is 0 Å². The molecule has 74 valence electrons. The summed E-state index contributed by atoms with van der Waals surface area (Å²) in [5.41, 5.74) is 1.07. The third-order valence-electron chi connectivity index (χ3n) is 1.77. The van der Waals surface area contributed by atoms with Crippen molar-refractivity contribution in [2.75, 3.05) is 0 Å². The molecule has 0 spiro atoms. The van der Waals surface area contributed by atoms with Gasteiger partial charge in [-0.05, 0) is 18.4 Å². The first kappa shape index (κ1) is 10.7. The van der Waals surface area contributed by atoms with E-state index in [0.29, 0.717) is 0 Å². The number of aromatic nitrogens is 1. The van der Waals surface area contributed by atoms with Crippen molar-refractivity contribution in [2.24, 2.45) is 0 Å². The summed E-state index contributed by atoms with van der Waals surface area (Å²) in [6, 6.07) is 10.3. The van der Waals surface area contributed by atoms with Crippen LogP contribution in [0.1, 0.15) is 26.0 Å². The molecule has 14 heavy (non-hydrogen) atoms. The van der Waals surface area contributed by atoms with Crippen molar-refractivity contribution < 1.29 is 0 Å². The van der Waals surface area contributed by atoms with Gasteiger partial charge in [0.25, 0.3) is 0 Å². The highest BCUT2D eigenvalue weighted by Gasteiger charge is 1.90. The fourth-order valence-electron chi connectivity index (χ4n) is 1.19. The second-order valence-corrected chi connectivity index (χ2v) is 3.38. The summed E-state index contributed by atoms with van der Waals surface area (Å²) in [4.78, 5) is 4.21. The molecule has 0 unspecified atom stereocenters. The zero-order chi connectivity index (χ0) is 10.4. The number of nitrogens with zero attached hydrogens (tertiary/aromatic N) is 1. The van der Waals surface area contributed by atoms with Gasteiger partial charge in [0.2, 0.25) is 0 Å². The van der Waals surface area contributed by atoms with Crippen LogP contribution in [0.5, 0.6) is 0 Å². The molecule has 0 radical (unpaired) electrons. The van der Waals surface area contributed by atoms with Gasteiger partial charge in [-0.2, -0.15) is 0 Å². The zero-order valence-corrected chi connectivity index (χ0v) is 9.12. The van der Waals surface area contributed by atoms with Gasteiger partial charge in [0, 0.05) is 17.3 Å². The van der Waals surface area contributed by atoms with Crippen LogP contribution in [0, 0.1) is 6.92 Å². The first-order chi connectivity index (χ1) is 6.77. The monoisotopic (exact) mass is 187 g/mol. The summed E-state index contributed by atoms with van der Waals surface area (Å²) in [5.74, 6) is 0. The van der Waals surface area contributed by atoms with Crippen LogP contribution in [-0.2, 0) is 0 Å². The predicted octanol–water partition coefficient (Wildman–Crippen LogP) is 3.96. The maximum absolute atomic E-state index is 4.21. The lowest BCUT2D eigenvalue weighted by Gasteiger charge is -1.96. The van der Waals surface area contributed by atoms with Gasteiger partial charge in [-0.25, -0.2) is 0 Å². The lowest BCUT2D eigenvalue weighted by Crippen LogP contribution is -1.79. The molecule has 0 N–H and O–H groups in total. The molecule has 0 atom stereocenters. The highest BCUT2D eigenvalue weighted by molar-refractivity contribution is 5.81. The molecule has 1 nitrogen and oxygen atoms in total. The number of fused-ring (bicyclic) bond motifs is 1. The fraction of sp³-hybridized carbons (Fsp3) is 0.308. The molecule has 1 heteroatoms. The Labute approximate surface area is 85.8 Å². The van der Waals surface area contributed by atoms with Gasteiger partial charge < -0.3 is 0 Å². The van der Waals surface area contributed by atoms with Crippen LogP contribution in [0.25, 0.3) is 10.8 Å². The molecule has 0 saturated heterocycles. The smallest absolute Gasteiger partial charge is 0.0379 e. The highest BCUT2D eigenvalue weighted by atomic mass is 14.6. The molecule has 0 bridgehead atoms. The minimum absolute atomic E-state index is 1.07. The molecule has 1 aromatic heterocycles. The van der Waals surface area contributed by atoms with E-state index in [1.807, 2.05) is 25.3 Å². The number of rotatable bonds is 0. The van der Waals surface area contributed by atoms with Crippen molar-refractivity contribution >= 4 is 10.8 Å². The highest BCUT2D eigenvalue weighted by Crippen LogP contribution is 2.12. The number of hydrogen-bond donors (Lipinski definition) is 0. The standard InChI is InChI=1S/C10H9N.C3H8/c1-8-6-9-4-2-3-5-10(9)7-11-8;1-3-2/h2-7H,1H3;3H2,1-2H3. The zero-order valence-electron chi connectivity index (χ0n) is 9.12. The van der Waals surface area contributed by atoms with Crippen molar-refractivity contribution in [1.82, 2.24) is 4.98 Å². The van der Waals surface area contributed by atoms with Gasteiger partial charge in [-0.15, -0.1) is 0 Å². The van der Waals surface area contributed by atoms with Crippen LogP contribution < -0.4 is 0 Å². The van der Waals surface area contributed by atoms with Gasteiger partial charge in [0.15, 0.2) is 0 Å². The molecule has 0 amide bonds. The Morgan fingerprint density at radius 3 is 2.29 bits per heavy atom. The summed E-state index contributed by atoms with van der Waals surface area (Å²) in [6.07, 6.45) is 3.16. The summed E-state index contributed by atoms with van der Waals surface area (Å²) in [6.45, 7) is 6.26. The quantitative estimate of drug-likeness (QED) is 0.608. The molecule has 0 aliphatic carbocycles. The van der Waals surface area contributed by atoms with Crippen LogP contribution in [-0.4, -0.2) is 4.98 Å². The van der Waals surface area contributed by atoms with Crippen LogP contribution in [0.2, 0.25) is 0 Å². The van der Waals surface area contributed by atoms with Crippen LogP contribution in [0.3, 0.4) is 0 Å². The molecule has 0 aliphatic rings. The number of hydrogen-bond acceptors (Lipinski definition) is 1. The summed E-state index contributed by atoms with van der Waals surface area (Å²) in [7, 11) is 0. The Morgan fingerprint density at radius 1 is 1.07 bits per heavy atom. The van der Waals surface area contributed by atoms with E-state index < -0.39 is 0 Å². The summed E-state index contributed by atoms with van der Waals surface area (Å²) in [5, 5.41) is 2.47. The van der Waals surface area contributed by atoms with Crippen LogP contribution in [0.15, 0.2) is 36.5 Å². The van der Waals surface area contributed by atoms with Crippen molar-refractivity contribution in [3.63, 3.8) is 0 Å². The first-order valence-corrected chi connectivity index (χ1v) is 5.09. The summed E-state index contributed by atoms with van der Waals surface area (Å²) < 4.78 is 0. The number of pyridine rings is 1. The van der Waals surface area contributed by atoms with E-state index in [0.717, 1.165) is 5.69 Å². The van der Waals surface area contributed by atoms with Crippen molar-refractivity contribution in [2.45, 2.75) is 27.2 Å². The molecule has 1 heterocycles. The summed E-state index contributed by atoms with van der Waals surface area (Å²) >= 11 is 0. The average molecular weight is 187 g/mol. The average Bonchev–Trinajstić information content (AvgIpc) is 2.19. The fourth-order valence-corrected chi connectivity index (χ4v) is 1.19. The number of benzene rings is 1. The van der Waals surface area contributed by atoms with Crippen molar-refractivity contribution in [1.29, 1.82) is 0 Å². The molecule has 1 aromatic carbocycles.